The van der Waals surface area contributed by atoms with Gasteiger partial charge in [-0.15, -0.1) is 0 Å². The lowest BCUT2D eigenvalue weighted by molar-refractivity contribution is 0.127. The summed E-state index contributed by atoms with van der Waals surface area (Å²) in [5.41, 5.74) is 0.733. The Morgan fingerprint density at radius 1 is 1.27 bits per heavy atom. The van der Waals surface area contributed by atoms with Crippen molar-refractivity contribution in [2.45, 2.75) is 37.2 Å². The topological polar surface area (TPSA) is 43.4 Å². The van der Waals surface area contributed by atoms with Gasteiger partial charge >= 0.3 is 0 Å². The van der Waals surface area contributed by atoms with Crippen LogP contribution in [0, 0.1) is 6.92 Å². The normalized spacial score (nSPS) is 17.4. The second-order valence-corrected chi connectivity index (χ2v) is 5.41. The zero-order valence-electron chi connectivity index (χ0n) is 8.64. The maximum atomic E-state index is 11.8. The molecule has 0 heterocycles. The molecule has 0 spiro atoms. The Morgan fingerprint density at radius 2 is 1.93 bits per heavy atom. The third-order valence-corrected chi connectivity index (χ3v) is 4.20. The van der Waals surface area contributed by atoms with Gasteiger partial charge in [0.1, 0.15) is 0 Å². The SMILES string of the molecule is Cc1ccccc1S(=O)(=O)OC1CCC1. The van der Waals surface area contributed by atoms with Crippen molar-refractivity contribution >= 4 is 10.1 Å². The molecular weight excluding hydrogens is 212 g/mol. The summed E-state index contributed by atoms with van der Waals surface area (Å²) in [7, 11) is -3.55. The van der Waals surface area contributed by atoms with Gasteiger partial charge in [0.25, 0.3) is 10.1 Å². The molecule has 0 saturated heterocycles. The molecular formula is C11H14O3S. The van der Waals surface area contributed by atoms with Crippen LogP contribution in [0.25, 0.3) is 0 Å². The fourth-order valence-corrected chi connectivity index (χ4v) is 2.90. The Labute approximate surface area is 90.2 Å². The molecule has 1 aromatic rings. The van der Waals surface area contributed by atoms with Gasteiger partial charge in [-0.05, 0) is 37.8 Å². The van der Waals surface area contributed by atoms with Gasteiger partial charge in [-0.2, -0.15) is 8.42 Å². The maximum absolute atomic E-state index is 11.8. The van der Waals surface area contributed by atoms with Crippen LogP contribution in [0.3, 0.4) is 0 Å². The first kappa shape index (κ1) is 10.6. The van der Waals surface area contributed by atoms with Gasteiger partial charge in [0.2, 0.25) is 0 Å². The van der Waals surface area contributed by atoms with E-state index in [1.807, 2.05) is 6.07 Å². The highest BCUT2D eigenvalue weighted by atomic mass is 32.2. The molecule has 0 amide bonds. The average Bonchev–Trinajstić information content (AvgIpc) is 2.12. The number of rotatable bonds is 3. The Morgan fingerprint density at radius 3 is 2.47 bits per heavy atom. The van der Waals surface area contributed by atoms with Crippen molar-refractivity contribution in [3.8, 4) is 0 Å². The summed E-state index contributed by atoms with van der Waals surface area (Å²) >= 11 is 0. The van der Waals surface area contributed by atoms with Gasteiger partial charge in [0, 0.05) is 0 Å². The lowest BCUT2D eigenvalue weighted by atomic mass is 9.97. The number of hydrogen-bond acceptors (Lipinski definition) is 3. The van der Waals surface area contributed by atoms with Crippen molar-refractivity contribution in [1.29, 1.82) is 0 Å². The fourth-order valence-electron chi connectivity index (χ4n) is 1.53. The molecule has 0 aliphatic heterocycles. The van der Waals surface area contributed by atoms with Gasteiger partial charge in [0.05, 0.1) is 11.0 Å². The molecule has 1 aliphatic rings. The van der Waals surface area contributed by atoms with Crippen LogP contribution < -0.4 is 0 Å². The smallest absolute Gasteiger partial charge is 0.263 e. The fraction of sp³-hybridized carbons (Fsp3) is 0.455. The van der Waals surface area contributed by atoms with Crippen molar-refractivity contribution < 1.29 is 12.6 Å². The quantitative estimate of drug-likeness (QED) is 0.742. The summed E-state index contributed by atoms with van der Waals surface area (Å²) in [6, 6.07) is 6.89. The molecule has 0 aromatic heterocycles. The highest BCUT2D eigenvalue weighted by Crippen LogP contribution is 2.27. The first-order valence-corrected chi connectivity index (χ1v) is 6.49. The Bertz CT molecular complexity index is 447. The van der Waals surface area contributed by atoms with E-state index in [1.165, 1.54) is 0 Å². The molecule has 0 N–H and O–H groups in total. The predicted octanol–water partition coefficient (Wildman–Crippen LogP) is 2.25. The summed E-state index contributed by atoms with van der Waals surface area (Å²) in [4.78, 5) is 0.289. The largest absolute Gasteiger partial charge is 0.297 e. The molecule has 0 atom stereocenters. The van der Waals surface area contributed by atoms with Gasteiger partial charge < -0.3 is 0 Å². The van der Waals surface area contributed by atoms with E-state index in [4.69, 9.17) is 4.18 Å². The van der Waals surface area contributed by atoms with E-state index in [1.54, 1.807) is 25.1 Å². The Hall–Kier alpha value is -0.870. The molecule has 0 bridgehead atoms. The highest BCUT2D eigenvalue weighted by Gasteiger charge is 2.27. The molecule has 0 radical (unpaired) electrons. The number of hydrogen-bond donors (Lipinski definition) is 0. The molecule has 15 heavy (non-hydrogen) atoms. The molecule has 3 nitrogen and oxygen atoms in total. The van der Waals surface area contributed by atoms with Crippen molar-refractivity contribution in [2.24, 2.45) is 0 Å². The van der Waals surface area contributed by atoms with Gasteiger partial charge in [-0.3, -0.25) is 4.18 Å². The standard InChI is InChI=1S/C11H14O3S/c1-9-5-2-3-8-11(9)15(12,13)14-10-6-4-7-10/h2-3,5,8,10H,4,6-7H2,1H3. The number of aryl methyl sites for hydroxylation is 1. The van der Waals surface area contributed by atoms with Crippen LogP contribution >= 0.6 is 0 Å². The predicted molar refractivity (Wildman–Crippen MR) is 57.1 cm³/mol. The first-order chi connectivity index (χ1) is 7.09. The van der Waals surface area contributed by atoms with Gasteiger partial charge in [0.15, 0.2) is 0 Å². The molecule has 4 heteroatoms. The summed E-state index contributed by atoms with van der Waals surface area (Å²) < 4.78 is 28.8. The van der Waals surface area contributed by atoms with E-state index in [-0.39, 0.29) is 11.0 Å². The van der Waals surface area contributed by atoms with Crippen LogP contribution in [0.15, 0.2) is 29.2 Å². The van der Waals surface area contributed by atoms with E-state index in [2.05, 4.69) is 0 Å². The zero-order chi connectivity index (χ0) is 10.9. The van der Waals surface area contributed by atoms with Crippen molar-refractivity contribution in [3.63, 3.8) is 0 Å². The third kappa shape index (κ3) is 2.21. The van der Waals surface area contributed by atoms with Crippen LogP contribution in [0.4, 0.5) is 0 Å². The van der Waals surface area contributed by atoms with Crippen LogP contribution in [0.2, 0.25) is 0 Å². The Balaban J connectivity index is 2.24. The minimum atomic E-state index is -3.55. The summed E-state index contributed by atoms with van der Waals surface area (Å²) in [6.45, 7) is 1.77. The summed E-state index contributed by atoms with van der Waals surface area (Å²) in [6.07, 6.45) is 2.67. The van der Waals surface area contributed by atoms with Gasteiger partial charge in [-0.25, -0.2) is 0 Å². The molecule has 1 aromatic carbocycles. The summed E-state index contributed by atoms with van der Waals surface area (Å²) in [5, 5.41) is 0. The summed E-state index contributed by atoms with van der Waals surface area (Å²) in [5.74, 6) is 0. The first-order valence-electron chi connectivity index (χ1n) is 5.08. The minimum Gasteiger partial charge on any atom is -0.263 e. The molecule has 1 saturated carbocycles. The molecule has 1 fully saturated rings. The minimum absolute atomic E-state index is 0.102. The van der Waals surface area contributed by atoms with Crippen molar-refractivity contribution in [3.05, 3.63) is 29.8 Å². The maximum Gasteiger partial charge on any atom is 0.297 e. The average molecular weight is 226 g/mol. The molecule has 1 aliphatic carbocycles. The van der Waals surface area contributed by atoms with Crippen LogP contribution in [-0.4, -0.2) is 14.5 Å². The lowest BCUT2D eigenvalue weighted by Crippen LogP contribution is -2.25. The van der Waals surface area contributed by atoms with E-state index in [0.717, 1.165) is 24.8 Å². The van der Waals surface area contributed by atoms with Crippen LogP contribution in [0.5, 0.6) is 0 Å². The second kappa shape index (κ2) is 3.94. The van der Waals surface area contributed by atoms with E-state index in [0.29, 0.717) is 0 Å². The third-order valence-electron chi connectivity index (χ3n) is 2.68. The van der Waals surface area contributed by atoms with E-state index >= 15 is 0 Å². The van der Waals surface area contributed by atoms with E-state index < -0.39 is 10.1 Å². The molecule has 0 unspecified atom stereocenters. The second-order valence-electron chi connectivity index (χ2n) is 3.87. The van der Waals surface area contributed by atoms with Gasteiger partial charge in [-0.1, -0.05) is 18.2 Å². The van der Waals surface area contributed by atoms with E-state index in [9.17, 15) is 8.42 Å². The lowest BCUT2D eigenvalue weighted by Gasteiger charge is -2.24. The monoisotopic (exact) mass is 226 g/mol. The number of benzene rings is 1. The molecule has 2 rings (SSSR count). The zero-order valence-corrected chi connectivity index (χ0v) is 9.46. The van der Waals surface area contributed by atoms with Crippen LogP contribution in [0.1, 0.15) is 24.8 Å². The van der Waals surface area contributed by atoms with Crippen LogP contribution in [-0.2, 0) is 14.3 Å². The highest BCUT2D eigenvalue weighted by molar-refractivity contribution is 7.86. The Kier molecular flexibility index (Phi) is 2.80. The molecule has 82 valence electrons. The van der Waals surface area contributed by atoms with Crippen molar-refractivity contribution in [2.75, 3.05) is 0 Å². The van der Waals surface area contributed by atoms with Crippen molar-refractivity contribution in [1.82, 2.24) is 0 Å².